The maximum atomic E-state index is 9.25. The summed E-state index contributed by atoms with van der Waals surface area (Å²) in [7, 11) is 1.86. The lowest BCUT2D eigenvalue weighted by atomic mass is 10.1. The summed E-state index contributed by atoms with van der Waals surface area (Å²) >= 11 is 0. The highest BCUT2D eigenvalue weighted by Crippen LogP contribution is 2.19. The molecule has 20 heavy (non-hydrogen) atoms. The second-order valence-electron chi connectivity index (χ2n) is 4.50. The molecule has 0 saturated heterocycles. The number of phenolic OH excluding ortho intramolecular Hbond substituents is 1. The molecule has 0 aliphatic heterocycles. The van der Waals surface area contributed by atoms with E-state index in [4.69, 9.17) is 0 Å². The topological polar surface area (TPSA) is 70.1 Å². The van der Waals surface area contributed by atoms with Crippen molar-refractivity contribution >= 4 is 11.6 Å². The van der Waals surface area contributed by atoms with Crippen LogP contribution in [-0.2, 0) is 12.8 Å². The molecule has 0 bridgehead atoms. The highest BCUT2D eigenvalue weighted by molar-refractivity contribution is 5.57. The second-order valence-corrected chi connectivity index (χ2v) is 4.50. The van der Waals surface area contributed by atoms with Crippen molar-refractivity contribution in [2.75, 3.05) is 24.2 Å². The van der Waals surface area contributed by atoms with Crippen LogP contribution in [0.15, 0.2) is 30.6 Å². The first-order valence-corrected chi connectivity index (χ1v) is 6.78. The van der Waals surface area contributed by atoms with Gasteiger partial charge in [0.2, 0.25) is 0 Å². The summed E-state index contributed by atoms with van der Waals surface area (Å²) in [4.78, 5) is 8.52. The molecule has 0 fully saturated rings. The van der Waals surface area contributed by atoms with Crippen LogP contribution in [-0.4, -0.2) is 28.7 Å². The van der Waals surface area contributed by atoms with E-state index in [1.54, 1.807) is 18.5 Å². The Kier molecular flexibility index (Phi) is 4.76. The lowest BCUT2D eigenvalue weighted by molar-refractivity contribution is 0.475. The molecule has 1 aromatic heterocycles. The van der Waals surface area contributed by atoms with Gasteiger partial charge in [0.15, 0.2) is 0 Å². The van der Waals surface area contributed by atoms with Gasteiger partial charge in [-0.2, -0.15) is 0 Å². The van der Waals surface area contributed by atoms with Crippen molar-refractivity contribution in [2.45, 2.75) is 19.8 Å². The van der Waals surface area contributed by atoms with Crippen molar-refractivity contribution in [1.82, 2.24) is 9.97 Å². The fraction of sp³-hybridized carbons (Fsp3) is 0.333. The van der Waals surface area contributed by atoms with E-state index in [0.717, 1.165) is 36.6 Å². The van der Waals surface area contributed by atoms with Crippen molar-refractivity contribution in [3.63, 3.8) is 0 Å². The minimum absolute atomic E-state index is 0.296. The van der Waals surface area contributed by atoms with Crippen molar-refractivity contribution in [3.8, 4) is 5.75 Å². The first kappa shape index (κ1) is 14.1. The van der Waals surface area contributed by atoms with Crippen LogP contribution in [0, 0.1) is 0 Å². The standard InChI is InChI=1S/C15H20N4O/c1-3-13-14(16-2)18-10-19-15(13)17-9-8-11-4-6-12(20)7-5-11/h4-7,10,20H,3,8-9H2,1-2H3,(H2,16,17,18,19). The molecule has 0 atom stereocenters. The summed E-state index contributed by atoms with van der Waals surface area (Å²) < 4.78 is 0. The number of benzene rings is 1. The van der Waals surface area contributed by atoms with Gasteiger partial charge in [-0.3, -0.25) is 0 Å². The molecule has 5 nitrogen and oxygen atoms in total. The van der Waals surface area contributed by atoms with Gasteiger partial charge in [-0.25, -0.2) is 9.97 Å². The number of aromatic nitrogens is 2. The molecule has 106 valence electrons. The molecular weight excluding hydrogens is 252 g/mol. The van der Waals surface area contributed by atoms with E-state index in [0.29, 0.717) is 5.75 Å². The maximum absolute atomic E-state index is 9.25. The first-order chi connectivity index (χ1) is 9.74. The smallest absolute Gasteiger partial charge is 0.134 e. The Morgan fingerprint density at radius 1 is 1.10 bits per heavy atom. The molecule has 0 unspecified atom stereocenters. The molecule has 0 radical (unpaired) electrons. The van der Waals surface area contributed by atoms with E-state index in [1.807, 2.05) is 19.2 Å². The quantitative estimate of drug-likeness (QED) is 0.753. The predicted octanol–water partition coefficient (Wildman–Crippen LogP) is 2.44. The Hall–Kier alpha value is -2.30. The van der Waals surface area contributed by atoms with Gasteiger partial charge in [0.1, 0.15) is 23.7 Å². The van der Waals surface area contributed by atoms with E-state index >= 15 is 0 Å². The minimum Gasteiger partial charge on any atom is -0.508 e. The average molecular weight is 272 g/mol. The van der Waals surface area contributed by atoms with Crippen LogP contribution in [0.25, 0.3) is 0 Å². The Morgan fingerprint density at radius 2 is 1.80 bits per heavy atom. The zero-order chi connectivity index (χ0) is 14.4. The molecule has 0 spiro atoms. The Labute approximate surface area is 119 Å². The van der Waals surface area contributed by atoms with Crippen LogP contribution >= 0.6 is 0 Å². The summed E-state index contributed by atoms with van der Waals surface area (Å²) in [6, 6.07) is 7.26. The van der Waals surface area contributed by atoms with Gasteiger partial charge in [-0.1, -0.05) is 19.1 Å². The van der Waals surface area contributed by atoms with Gasteiger partial charge < -0.3 is 15.7 Å². The van der Waals surface area contributed by atoms with E-state index < -0.39 is 0 Å². The largest absolute Gasteiger partial charge is 0.508 e. The molecule has 3 N–H and O–H groups in total. The molecule has 2 aromatic rings. The summed E-state index contributed by atoms with van der Waals surface area (Å²) in [6.07, 6.45) is 3.31. The van der Waals surface area contributed by atoms with Crippen LogP contribution in [0.4, 0.5) is 11.6 Å². The zero-order valence-electron chi connectivity index (χ0n) is 11.8. The third-order valence-electron chi connectivity index (χ3n) is 3.18. The second kappa shape index (κ2) is 6.75. The Morgan fingerprint density at radius 3 is 2.45 bits per heavy atom. The van der Waals surface area contributed by atoms with E-state index in [2.05, 4.69) is 27.5 Å². The fourth-order valence-corrected chi connectivity index (χ4v) is 2.10. The van der Waals surface area contributed by atoms with Crippen molar-refractivity contribution < 1.29 is 5.11 Å². The van der Waals surface area contributed by atoms with Gasteiger partial charge >= 0.3 is 0 Å². The van der Waals surface area contributed by atoms with Crippen LogP contribution in [0.5, 0.6) is 5.75 Å². The van der Waals surface area contributed by atoms with Crippen LogP contribution in [0.1, 0.15) is 18.1 Å². The lowest BCUT2D eigenvalue weighted by Gasteiger charge is -2.12. The number of hydrogen-bond acceptors (Lipinski definition) is 5. The maximum Gasteiger partial charge on any atom is 0.134 e. The molecule has 0 aliphatic carbocycles. The minimum atomic E-state index is 0.296. The van der Waals surface area contributed by atoms with Gasteiger partial charge in [0.05, 0.1) is 0 Å². The van der Waals surface area contributed by atoms with Crippen molar-refractivity contribution in [3.05, 3.63) is 41.7 Å². The molecule has 1 aromatic carbocycles. The zero-order valence-corrected chi connectivity index (χ0v) is 11.8. The van der Waals surface area contributed by atoms with Crippen LogP contribution in [0.3, 0.4) is 0 Å². The van der Waals surface area contributed by atoms with Crippen LogP contribution in [0.2, 0.25) is 0 Å². The summed E-state index contributed by atoms with van der Waals surface area (Å²) in [5, 5.41) is 15.7. The number of phenols is 1. The van der Waals surface area contributed by atoms with Gasteiger partial charge in [-0.15, -0.1) is 0 Å². The molecule has 0 amide bonds. The third kappa shape index (κ3) is 3.38. The molecule has 5 heteroatoms. The van der Waals surface area contributed by atoms with Crippen LogP contribution < -0.4 is 10.6 Å². The number of aromatic hydroxyl groups is 1. The Balaban J connectivity index is 1.98. The molecule has 1 heterocycles. The lowest BCUT2D eigenvalue weighted by Crippen LogP contribution is -2.10. The number of hydrogen-bond donors (Lipinski definition) is 3. The Bertz CT molecular complexity index is 554. The summed E-state index contributed by atoms with van der Waals surface area (Å²) in [5.74, 6) is 2.05. The van der Waals surface area contributed by atoms with E-state index in [-0.39, 0.29) is 0 Å². The first-order valence-electron chi connectivity index (χ1n) is 6.78. The fourth-order valence-electron chi connectivity index (χ4n) is 2.10. The SMILES string of the molecule is CCc1c(NC)ncnc1NCCc1ccc(O)cc1. The number of rotatable bonds is 6. The molecular formula is C15H20N4O. The predicted molar refractivity (Wildman–Crippen MR) is 81.3 cm³/mol. The number of anilines is 2. The van der Waals surface area contributed by atoms with E-state index in [9.17, 15) is 5.11 Å². The monoisotopic (exact) mass is 272 g/mol. The average Bonchev–Trinajstić information content (AvgIpc) is 2.49. The molecule has 0 saturated carbocycles. The highest BCUT2D eigenvalue weighted by atomic mass is 16.3. The van der Waals surface area contributed by atoms with Crippen molar-refractivity contribution in [1.29, 1.82) is 0 Å². The highest BCUT2D eigenvalue weighted by Gasteiger charge is 2.07. The number of nitrogens with one attached hydrogen (secondary N) is 2. The summed E-state index contributed by atoms with van der Waals surface area (Å²) in [6.45, 7) is 2.88. The van der Waals surface area contributed by atoms with E-state index in [1.165, 1.54) is 5.56 Å². The van der Waals surface area contributed by atoms with Gasteiger partial charge in [0, 0.05) is 19.2 Å². The molecule has 0 aliphatic rings. The number of nitrogens with zero attached hydrogens (tertiary/aromatic N) is 2. The third-order valence-corrected chi connectivity index (χ3v) is 3.18. The normalized spacial score (nSPS) is 10.3. The molecule has 2 rings (SSSR count). The van der Waals surface area contributed by atoms with Crippen molar-refractivity contribution in [2.24, 2.45) is 0 Å². The van der Waals surface area contributed by atoms with Gasteiger partial charge in [-0.05, 0) is 30.5 Å². The summed E-state index contributed by atoms with van der Waals surface area (Å²) in [5.41, 5.74) is 2.27. The van der Waals surface area contributed by atoms with Gasteiger partial charge in [0.25, 0.3) is 0 Å².